The summed E-state index contributed by atoms with van der Waals surface area (Å²) in [4.78, 5) is 15.2. The van der Waals surface area contributed by atoms with Gasteiger partial charge >= 0.3 is 0 Å². The van der Waals surface area contributed by atoms with Crippen LogP contribution >= 0.6 is 15.9 Å². The van der Waals surface area contributed by atoms with Crippen molar-refractivity contribution in [3.05, 3.63) is 52.6 Å². The van der Waals surface area contributed by atoms with E-state index in [1.54, 1.807) is 0 Å². The fourth-order valence-electron chi connectivity index (χ4n) is 3.06. The van der Waals surface area contributed by atoms with Gasteiger partial charge in [-0.05, 0) is 65.2 Å². The molecule has 3 rings (SSSR count). The quantitative estimate of drug-likeness (QED) is 0.735. The summed E-state index contributed by atoms with van der Waals surface area (Å²) in [5.41, 5.74) is 3.53. The molecule has 2 nitrogen and oxygen atoms in total. The molecule has 1 saturated carbocycles. The molecule has 1 aromatic heterocycles. The number of hydrogen-bond donors (Lipinski definition) is 0. The van der Waals surface area contributed by atoms with Crippen molar-refractivity contribution in [2.45, 2.75) is 31.6 Å². The van der Waals surface area contributed by atoms with Crippen molar-refractivity contribution in [2.24, 2.45) is 5.92 Å². The van der Waals surface area contributed by atoms with Gasteiger partial charge in [0.1, 0.15) is 6.29 Å². The number of halogens is 1. The summed E-state index contributed by atoms with van der Waals surface area (Å²) in [6, 6.07) is 12.8. The molecule has 1 heterocycles. The van der Waals surface area contributed by atoms with Crippen LogP contribution in [0.2, 0.25) is 0 Å². The molecule has 0 aliphatic heterocycles. The van der Waals surface area contributed by atoms with Gasteiger partial charge in [-0.15, -0.1) is 0 Å². The molecule has 2 aromatic rings. The van der Waals surface area contributed by atoms with E-state index in [0.29, 0.717) is 5.92 Å². The first-order chi connectivity index (χ1) is 10.3. The van der Waals surface area contributed by atoms with Gasteiger partial charge in [-0.25, -0.2) is 0 Å². The maximum absolute atomic E-state index is 10.8. The molecule has 0 N–H and O–H groups in total. The van der Waals surface area contributed by atoms with Crippen LogP contribution in [0.15, 0.2) is 47.1 Å². The molecular weight excluding hydrogens is 326 g/mol. The third-order valence-electron chi connectivity index (χ3n) is 4.37. The minimum atomic E-state index is 0.285. The van der Waals surface area contributed by atoms with E-state index in [2.05, 4.69) is 45.2 Å². The highest BCUT2D eigenvalue weighted by atomic mass is 79.9. The van der Waals surface area contributed by atoms with Gasteiger partial charge in [-0.1, -0.05) is 24.3 Å². The Morgan fingerprint density at radius 3 is 2.29 bits per heavy atom. The maximum atomic E-state index is 10.8. The molecule has 0 spiro atoms. The van der Waals surface area contributed by atoms with Crippen molar-refractivity contribution in [2.75, 3.05) is 0 Å². The maximum Gasteiger partial charge on any atom is 0.123 e. The summed E-state index contributed by atoms with van der Waals surface area (Å²) < 4.78 is 0.995. The molecule has 1 aliphatic rings. The molecule has 1 aliphatic carbocycles. The molecule has 0 amide bonds. The van der Waals surface area contributed by atoms with E-state index >= 15 is 0 Å². The summed E-state index contributed by atoms with van der Waals surface area (Å²) in [6.45, 7) is 0. The minimum absolute atomic E-state index is 0.285. The predicted octanol–water partition coefficient (Wildman–Crippen LogP) is 4.98. The van der Waals surface area contributed by atoms with Gasteiger partial charge in [0.25, 0.3) is 0 Å². The highest BCUT2D eigenvalue weighted by molar-refractivity contribution is 9.10. The van der Waals surface area contributed by atoms with E-state index < -0.39 is 0 Å². The first-order valence-corrected chi connectivity index (χ1v) is 8.23. The van der Waals surface area contributed by atoms with Crippen molar-refractivity contribution in [3.63, 3.8) is 0 Å². The zero-order valence-electron chi connectivity index (χ0n) is 11.8. The lowest BCUT2D eigenvalue weighted by Crippen LogP contribution is -2.14. The topological polar surface area (TPSA) is 30.0 Å². The fraction of sp³-hybridized carbons (Fsp3) is 0.333. The molecule has 0 atom stereocenters. The molecule has 0 bridgehead atoms. The summed E-state index contributed by atoms with van der Waals surface area (Å²) in [5.74, 6) is 0.889. The Labute approximate surface area is 133 Å². The van der Waals surface area contributed by atoms with Crippen LogP contribution < -0.4 is 0 Å². The van der Waals surface area contributed by atoms with Crippen LogP contribution in [0.4, 0.5) is 0 Å². The van der Waals surface area contributed by atoms with Gasteiger partial charge in [0.15, 0.2) is 0 Å². The lowest BCUT2D eigenvalue weighted by atomic mass is 9.79. The Balaban J connectivity index is 1.72. The summed E-state index contributed by atoms with van der Waals surface area (Å²) in [6.07, 6.45) is 7.26. The van der Waals surface area contributed by atoms with Crippen molar-refractivity contribution >= 4 is 22.2 Å². The van der Waals surface area contributed by atoms with Crippen LogP contribution in [0.1, 0.15) is 37.2 Å². The van der Waals surface area contributed by atoms with E-state index in [0.717, 1.165) is 47.7 Å². The smallest absolute Gasteiger partial charge is 0.123 e. The first kappa shape index (κ1) is 14.5. The van der Waals surface area contributed by atoms with E-state index in [-0.39, 0.29) is 5.92 Å². The molecule has 3 heteroatoms. The minimum Gasteiger partial charge on any atom is -0.303 e. The lowest BCUT2D eigenvalue weighted by Gasteiger charge is -2.25. The molecule has 1 fully saturated rings. The second kappa shape index (κ2) is 6.52. The summed E-state index contributed by atoms with van der Waals surface area (Å²) in [7, 11) is 0. The molecule has 0 radical (unpaired) electrons. The van der Waals surface area contributed by atoms with E-state index in [1.807, 2.05) is 18.3 Å². The third kappa shape index (κ3) is 3.41. The van der Waals surface area contributed by atoms with Crippen molar-refractivity contribution in [3.8, 4) is 11.3 Å². The second-order valence-electron chi connectivity index (χ2n) is 5.73. The molecule has 1 aromatic carbocycles. The number of nitrogens with zero attached hydrogens (tertiary/aromatic N) is 1. The van der Waals surface area contributed by atoms with E-state index in [1.165, 1.54) is 5.56 Å². The normalized spacial score (nSPS) is 22.0. The number of aldehydes is 1. The average Bonchev–Trinajstić information content (AvgIpc) is 2.56. The van der Waals surface area contributed by atoms with E-state index in [4.69, 9.17) is 0 Å². The molecule has 108 valence electrons. The van der Waals surface area contributed by atoms with Crippen LogP contribution in [0.5, 0.6) is 0 Å². The number of aromatic nitrogens is 1. The van der Waals surface area contributed by atoms with Gasteiger partial charge in [0, 0.05) is 22.2 Å². The Bertz CT molecular complexity index is 598. The van der Waals surface area contributed by atoms with Crippen LogP contribution in [0.25, 0.3) is 11.3 Å². The standard InChI is InChI=1S/C18H18BrNO/c19-17-9-10-18(20-11-17)16-7-5-15(6-8-16)14-3-1-13(12-21)2-4-14/h5-14H,1-4H2/t13-,14-. The van der Waals surface area contributed by atoms with Gasteiger partial charge in [0.2, 0.25) is 0 Å². The number of carbonyl (C=O) groups excluding carboxylic acids is 1. The largest absolute Gasteiger partial charge is 0.303 e. The van der Waals surface area contributed by atoms with Crippen molar-refractivity contribution < 1.29 is 4.79 Å². The van der Waals surface area contributed by atoms with E-state index in [9.17, 15) is 4.79 Å². The highest BCUT2D eigenvalue weighted by Crippen LogP contribution is 2.35. The van der Waals surface area contributed by atoms with Crippen molar-refractivity contribution in [1.29, 1.82) is 0 Å². The monoisotopic (exact) mass is 343 g/mol. The molecule has 21 heavy (non-hydrogen) atoms. The second-order valence-corrected chi connectivity index (χ2v) is 6.65. The molecule has 0 unspecified atom stereocenters. The number of benzene rings is 1. The van der Waals surface area contributed by atoms with Gasteiger partial charge in [-0.2, -0.15) is 0 Å². The fourth-order valence-corrected chi connectivity index (χ4v) is 3.30. The predicted molar refractivity (Wildman–Crippen MR) is 88.1 cm³/mol. The zero-order valence-corrected chi connectivity index (χ0v) is 13.4. The van der Waals surface area contributed by atoms with Crippen LogP contribution in [-0.4, -0.2) is 11.3 Å². The average molecular weight is 344 g/mol. The SMILES string of the molecule is O=C[C@H]1CC[C@H](c2ccc(-c3ccc(Br)cn3)cc2)CC1. The van der Waals surface area contributed by atoms with Crippen LogP contribution in [-0.2, 0) is 4.79 Å². The highest BCUT2D eigenvalue weighted by Gasteiger charge is 2.21. The van der Waals surface area contributed by atoms with Crippen molar-refractivity contribution in [1.82, 2.24) is 4.98 Å². The Hall–Kier alpha value is -1.48. The summed E-state index contributed by atoms with van der Waals surface area (Å²) >= 11 is 3.41. The number of rotatable bonds is 3. The van der Waals surface area contributed by atoms with Crippen LogP contribution in [0.3, 0.4) is 0 Å². The number of carbonyl (C=O) groups is 1. The lowest BCUT2D eigenvalue weighted by molar-refractivity contribution is -0.111. The summed E-state index contributed by atoms with van der Waals surface area (Å²) in [5, 5.41) is 0. The Morgan fingerprint density at radius 1 is 1.00 bits per heavy atom. The number of pyridine rings is 1. The third-order valence-corrected chi connectivity index (χ3v) is 4.84. The number of hydrogen-bond acceptors (Lipinski definition) is 2. The van der Waals surface area contributed by atoms with Gasteiger partial charge in [0.05, 0.1) is 5.69 Å². The Kier molecular flexibility index (Phi) is 4.49. The van der Waals surface area contributed by atoms with Crippen LogP contribution in [0, 0.1) is 5.92 Å². The molecule has 0 saturated heterocycles. The Morgan fingerprint density at radius 2 is 1.71 bits per heavy atom. The van der Waals surface area contributed by atoms with Gasteiger partial charge in [-0.3, -0.25) is 4.98 Å². The zero-order chi connectivity index (χ0) is 14.7. The molecular formula is C18H18BrNO. The van der Waals surface area contributed by atoms with Gasteiger partial charge < -0.3 is 4.79 Å². The first-order valence-electron chi connectivity index (χ1n) is 7.43.